The van der Waals surface area contributed by atoms with Crippen molar-refractivity contribution in [2.24, 2.45) is 0 Å². The van der Waals surface area contributed by atoms with Crippen molar-refractivity contribution in [2.45, 2.75) is 19.4 Å². The van der Waals surface area contributed by atoms with E-state index in [9.17, 15) is 14.9 Å². The van der Waals surface area contributed by atoms with Crippen molar-refractivity contribution < 1.29 is 14.6 Å². The molecule has 0 N–H and O–H groups in total. The van der Waals surface area contributed by atoms with Gasteiger partial charge in [-0.2, -0.15) is 0 Å². The summed E-state index contributed by atoms with van der Waals surface area (Å²) < 4.78 is 4.48. The van der Waals surface area contributed by atoms with Gasteiger partial charge in [0.1, 0.15) is 12.6 Å². The van der Waals surface area contributed by atoms with Gasteiger partial charge < -0.3 is 4.74 Å². The van der Waals surface area contributed by atoms with E-state index in [2.05, 4.69) is 4.74 Å². The number of hydrazine groups is 1. The van der Waals surface area contributed by atoms with Crippen molar-refractivity contribution in [3.05, 3.63) is 10.1 Å². The van der Waals surface area contributed by atoms with Crippen LogP contribution in [-0.2, 0) is 4.74 Å². The molecule has 0 saturated carbocycles. The second kappa shape index (κ2) is 2.73. The number of nitro groups is 1. The summed E-state index contributed by atoms with van der Waals surface area (Å²) >= 11 is 0. The van der Waals surface area contributed by atoms with E-state index in [1.807, 2.05) is 0 Å². The van der Waals surface area contributed by atoms with Gasteiger partial charge in [-0.25, -0.2) is 14.9 Å². The molecular formula is C5H8N2O4. The van der Waals surface area contributed by atoms with Gasteiger partial charge in [-0.15, -0.1) is 0 Å². The summed E-state index contributed by atoms with van der Waals surface area (Å²) in [5.41, 5.74) is 0. The minimum atomic E-state index is -0.859. The van der Waals surface area contributed by atoms with Crippen LogP contribution in [0.25, 0.3) is 0 Å². The first-order valence-corrected chi connectivity index (χ1v) is 3.27. The summed E-state index contributed by atoms with van der Waals surface area (Å²) in [5.74, 6) is 0. The summed E-state index contributed by atoms with van der Waals surface area (Å²) in [7, 11) is 0. The Morgan fingerprint density at radius 2 is 2.55 bits per heavy atom. The molecule has 1 aliphatic rings. The van der Waals surface area contributed by atoms with E-state index < -0.39 is 17.2 Å². The number of nitrogens with zero attached hydrogens (tertiary/aromatic N) is 2. The molecule has 1 heterocycles. The first kappa shape index (κ1) is 7.77. The Hall–Kier alpha value is -1.33. The van der Waals surface area contributed by atoms with E-state index >= 15 is 0 Å². The summed E-state index contributed by atoms with van der Waals surface area (Å²) in [4.78, 5) is 20.9. The fraction of sp³-hybridized carbons (Fsp3) is 0.800. The zero-order chi connectivity index (χ0) is 8.43. The van der Waals surface area contributed by atoms with E-state index in [1.54, 1.807) is 6.92 Å². The predicted molar refractivity (Wildman–Crippen MR) is 34.3 cm³/mol. The molecule has 0 aliphatic carbocycles. The lowest BCUT2D eigenvalue weighted by Crippen LogP contribution is -2.37. The van der Waals surface area contributed by atoms with Gasteiger partial charge >= 0.3 is 6.09 Å². The Morgan fingerprint density at radius 1 is 1.91 bits per heavy atom. The Morgan fingerprint density at radius 3 is 2.91 bits per heavy atom. The Labute approximate surface area is 62.9 Å². The molecule has 1 fully saturated rings. The molecule has 1 rings (SSSR count). The normalized spacial score (nSPS) is 23.5. The van der Waals surface area contributed by atoms with Crippen LogP contribution in [-0.4, -0.2) is 28.8 Å². The molecule has 0 aromatic heterocycles. The highest BCUT2D eigenvalue weighted by atomic mass is 16.7. The standard InChI is InChI=1S/C5H8N2O4/c1-2-4-3-11-5(8)6(4)7(9)10/h4H,2-3H2,1H3. The van der Waals surface area contributed by atoms with Crippen molar-refractivity contribution in [3.8, 4) is 0 Å². The van der Waals surface area contributed by atoms with Crippen LogP contribution in [0.1, 0.15) is 13.3 Å². The van der Waals surface area contributed by atoms with Gasteiger partial charge in [0.05, 0.1) is 0 Å². The molecular weight excluding hydrogens is 152 g/mol. The molecule has 1 unspecified atom stereocenters. The minimum absolute atomic E-state index is 0.121. The SMILES string of the molecule is CCC1COC(=O)N1[N+](=O)[O-]. The van der Waals surface area contributed by atoms with Gasteiger partial charge in [0, 0.05) is 0 Å². The monoisotopic (exact) mass is 160 g/mol. The summed E-state index contributed by atoms with van der Waals surface area (Å²) in [6, 6.07) is -0.405. The molecule has 11 heavy (non-hydrogen) atoms. The zero-order valence-electron chi connectivity index (χ0n) is 6.02. The topological polar surface area (TPSA) is 72.7 Å². The molecule has 0 bridgehead atoms. The summed E-state index contributed by atoms with van der Waals surface area (Å²) in [5, 5.41) is 10.0. The number of ether oxygens (including phenoxy) is 1. The van der Waals surface area contributed by atoms with E-state index in [4.69, 9.17) is 0 Å². The van der Waals surface area contributed by atoms with Crippen LogP contribution < -0.4 is 0 Å². The Bertz CT molecular complexity index is 193. The molecule has 62 valence electrons. The van der Waals surface area contributed by atoms with Crippen molar-refractivity contribution >= 4 is 6.09 Å². The summed E-state index contributed by atoms with van der Waals surface area (Å²) in [6.07, 6.45) is -0.325. The van der Waals surface area contributed by atoms with Crippen molar-refractivity contribution in [3.63, 3.8) is 0 Å². The number of carbonyl (C=O) groups excluding carboxylic acids is 1. The molecule has 6 nitrogen and oxygen atoms in total. The number of carbonyl (C=O) groups is 1. The fourth-order valence-electron chi connectivity index (χ4n) is 0.944. The molecule has 1 aliphatic heterocycles. The number of cyclic esters (lactones) is 1. The highest BCUT2D eigenvalue weighted by molar-refractivity contribution is 5.68. The minimum Gasteiger partial charge on any atom is -0.443 e. The maximum absolute atomic E-state index is 10.6. The van der Waals surface area contributed by atoms with E-state index in [0.717, 1.165) is 0 Å². The van der Waals surface area contributed by atoms with Crippen LogP contribution in [0.4, 0.5) is 4.79 Å². The van der Waals surface area contributed by atoms with Crippen LogP contribution >= 0.6 is 0 Å². The highest BCUT2D eigenvalue weighted by Gasteiger charge is 2.41. The third-order valence-electron chi connectivity index (χ3n) is 1.58. The van der Waals surface area contributed by atoms with Gasteiger partial charge in [-0.05, 0) is 11.4 Å². The third-order valence-corrected chi connectivity index (χ3v) is 1.58. The Balaban J connectivity index is 2.71. The van der Waals surface area contributed by atoms with Crippen LogP contribution in [0.2, 0.25) is 0 Å². The van der Waals surface area contributed by atoms with Crippen molar-refractivity contribution in [1.82, 2.24) is 5.01 Å². The molecule has 1 amide bonds. The van der Waals surface area contributed by atoms with Crippen LogP contribution in [0, 0.1) is 10.1 Å². The van der Waals surface area contributed by atoms with Crippen LogP contribution in [0.5, 0.6) is 0 Å². The van der Waals surface area contributed by atoms with Gasteiger partial charge in [-0.1, -0.05) is 6.92 Å². The lowest BCUT2D eigenvalue weighted by atomic mass is 10.2. The van der Waals surface area contributed by atoms with Crippen LogP contribution in [0.15, 0.2) is 0 Å². The zero-order valence-corrected chi connectivity index (χ0v) is 6.02. The maximum Gasteiger partial charge on any atom is 0.468 e. The molecule has 0 spiro atoms. The van der Waals surface area contributed by atoms with E-state index in [1.165, 1.54) is 0 Å². The molecule has 0 radical (unpaired) electrons. The first-order valence-electron chi connectivity index (χ1n) is 3.27. The average Bonchev–Trinajstić information content (AvgIpc) is 2.30. The molecule has 1 saturated heterocycles. The van der Waals surface area contributed by atoms with E-state index in [-0.39, 0.29) is 6.61 Å². The number of amides is 1. The maximum atomic E-state index is 10.6. The predicted octanol–water partition coefficient (Wildman–Crippen LogP) is 0.409. The second-order valence-electron chi connectivity index (χ2n) is 2.22. The number of hydrogen-bond acceptors (Lipinski definition) is 4. The lowest BCUT2D eigenvalue weighted by Gasteiger charge is -2.07. The average molecular weight is 160 g/mol. The Kier molecular flexibility index (Phi) is 1.93. The molecule has 6 heteroatoms. The lowest BCUT2D eigenvalue weighted by molar-refractivity contribution is -0.637. The van der Waals surface area contributed by atoms with Crippen molar-refractivity contribution in [1.29, 1.82) is 0 Å². The number of rotatable bonds is 2. The van der Waals surface area contributed by atoms with Crippen molar-refractivity contribution in [2.75, 3.05) is 6.61 Å². The quantitative estimate of drug-likeness (QED) is 0.433. The molecule has 1 atom stereocenters. The van der Waals surface area contributed by atoms with E-state index in [0.29, 0.717) is 11.4 Å². The summed E-state index contributed by atoms with van der Waals surface area (Å²) in [6.45, 7) is 1.89. The van der Waals surface area contributed by atoms with Gasteiger partial charge in [0.2, 0.25) is 0 Å². The third kappa shape index (κ3) is 1.24. The van der Waals surface area contributed by atoms with Crippen LogP contribution in [0.3, 0.4) is 0 Å². The first-order chi connectivity index (χ1) is 5.16. The fourth-order valence-corrected chi connectivity index (χ4v) is 0.944. The largest absolute Gasteiger partial charge is 0.468 e. The smallest absolute Gasteiger partial charge is 0.443 e. The highest BCUT2D eigenvalue weighted by Crippen LogP contribution is 2.14. The molecule has 0 aromatic rings. The molecule has 0 aromatic carbocycles. The second-order valence-corrected chi connectivity index (χ2v) is 2.22. The van der Waals surface area contributed by atoms with Gasteiger partial charge in [-0.3, -0.25) is 0 Å². The van der Waals surface area contributed by atoms with Gasteiger partial charge in [0.15, 0.2) is 5.03 Å². The number of hydrogen-bond donors (Lipinski definition) is 0. The van der Waals surface area contributed by atoms with Gasteiger partial charge in [0.25, 0.3) is 0 Å².